The van der Waals surface area contributed by atoms with Crippen LogP contribution in [0.1, 0.15) is 24.2 Å². The average Bonchev–Trinajstić information content (AvgIpc) is 3.45. The molecule has 1 amide bonds. The summed E-state index contributed by atoms with van der Waals surface area (Å²) in [6, 6.07) is -1.16. The molecule has 0 aliphatic carbocycles. The molecule has 0 spiro atoms. The van der Waals surface area contributed by atoms with Gasteiger partial charge in [0, 0.05) is 24.5 Å². The Morgan fingerprint density at radius 2 is 2.11 bits per heavy atom. The van der Waals surface area contributed by atoms with Gasteiger partial charge < -0.3 is 26.7 Å². The molecule has 202 valence electrons. The predicted octanol–water partition coefficient (Wildman–Crippen LogP) is -2.15. The van der Waals surface area contributed by atoms with Crippen LogP contribution in [0.25, 0.3) is 0 Å². The van der Waals surface area contributed by atoms with Gasteiger partial charge in [0.05, 0.1) is 24.2 Å². The number of thiazole rings is 1. The highest BCUT2D eigenvalue weighted by atomic mass is 32.2. The van der Waals surface area contributed by atoms with Gasteiger partial charge in [0.2, 0.25) is 12.5 Å². The first-order valence-electron chi connectivity index (χ1n) is 10.8. The van der Waals surface area contributed by atoms with Gasteiger partial charge in [0.15, 0.2) is 16.6 Å². The van der Waals surface area contributed by atoms with Crippen LogP contribution in [0.3, 0.4) is 0 Å². The first-order valence-corrected chi connectivity index (χ1v) is 13.1. The smallest absolute Gasteiger partial charge is 0.362 e. The maximum absolute atomic E-state index is 13.0. The number of carbonyl (C=O) groups excluding carboxylic acids is 2. The van der Waals surface area contributed by atoms with Gasteiger partial charge in [0.25, 0.3) is 0 Å². The second kappa shape index (κ2) is 12.1. The number of nitrogen functional groups attached to an aromatic ring is 1. The lowest BCUT2D eigenvalue weighted by Crippen LogP contribution is -2.64. The molecule has 1 saturated heterocycles. The Morgan fingerprint density at radius 3 is 2.73 bits per heavy atom. The number of nitrogens with one attached hydrogen (secondary N) is 1. The molecule has 1 aliphatic heterocycles. The quantitative estimate of drug-likeness (QED) is 0.0512. The van der Waals surface area contributed by atoms with E-state index in [9.17, 15) is 27.4 Å². The van der Waals surface area contributed by atoms with Gasteiger partial charge in [-0.15, -0.1) is 16.4 Å². The predicted molar refractivity (Wildman–Crippen MR) is 127 cm³/mol. The molecule has 19 heteroatoms. The van der Waals surface area contributed by atoms with E-state index in [1.165, 1.54) is 16.3 Å². The van der Waals surface area contributed by atoms with Crippen molar-refractivity contribution in [3.63, 3.8) is 0 Å². The van der Waals surface area contributed by atoms with Crippen LogP contribution in [-0.4, -0.2) is 91.5 Å². The molecule has 7 N–H and O–H groups in total. The van der Waals surface area contributed by atoms with Crippen molar-refractivity contribution in [2.24, 2.45) is 16.8 Å². The summed E-state index contributed by atoms with van der Waals surface area (Å²) in [4.78, 5) is 45.0. The molecule has 1 aliphatic rings. The highest BCUT2D eigenvalue weighted by molar-refractivity contribution is 7.84. The van der Waals surface area contributed by atoms with E-state index in [4.69, 9.17) is 16.6 Å². The van der Waals surface area contributed by atoms with E-state index in [0.717, 1.165) is 17.8 Å². The Bertz CT molecular complexity index is 1280. The molecule has 2 atom stereocenters. The molecule has 37 heavy (non-hydrogen) atoms. The SMILES string of the molecule is NCCCNCc1cn(C[C@@H]2[C@H](CC(=O)/C(=N\OCC(=O)O)c3csc(N)n3)C(=O)N2S(=O)(=O)O)nn1. The minimum atomic E-state index is -4.92. The zero-order valence-electron chi connectivity index (χ0n) is 19.3. The van der Waals surface area contributed by atoms with Gasteiger partial charge in [-0.2, -0.15) is 8.42 Å². The van der Waals surface area contributed by atoms with E-state index < -0.39 is 58.7 Å². The minimum absolute atomic E-state index is 0.00380. The summed E-state index contributed by atoms with van der Waals surface area (Å²) in [6.45, 7) is 0.528. The summed E-state index contributed by atoms with van der Waals surface area (Å²) in [5.41, 5.74) is 11.2. The second-order valence-corrected chi connectivity index (χ2v) is 10.0. The molecule has 1 fully saturated rings. The fourth-order valence-electron chi connectivity index (χ4n) is 3.51. The van der Waals surface area contributed by atoms with Crippen LogP contribution in [0, 0.1) is 5.92 Å². The van der Waals surface area contributed by atoms with Crippen LogP contribution in [0.15, 0.2) is 16.7 Å². The molecule has 3 heterocycles. The molecular weight excluding hydrogens is 534 g/mol. The fourth-order valence-corrected chi connectivity index (χ4v) is 4.98. The van der Waals surface area contributed by atoms with Gasteiger partial charge in [-0.05, 0) is 19.5 Å². The number of nitrogens with zero attached hydrogens (tertiary/aromatic N) is 6. The highest BCUT2D eigenvalue weighted by Gasteiger charge is 2.54. The number of β-lactam (4-membered cyclic amide) rings is 1. The van der Waals surface area contributed by atoms with Crippen LogP contribution in [0.4, 0.5) is 5.13 Å². The largest absolute Gasteiger partial charge is 0.479 e. The maximum Gasteiger partial charge on any atom is 0.362 e. The number of hydrogen-bond donors (Lipinski definition) is 5. The lowest BCUT2D eigenvalue weighted by atomic mass is 9.84. The van der Waals surface area contributed by atoms with Crippen molar-refractivity contribution < 1.29 is 37.3 Å². The van der Waals surface area contributed by atoms with Gasteiger partial charge in [0.1, 0.15) is 5.69 Å². The summed E-state index contributed by atoms with van der Waals surface area (Å²) in [6.07, 6.45) is 1.76. The van der Waals surface area contributed by atoms with Gasteiger partial charge in [-0.3, -0.25) is 18.8 Å². The first kappa shape index (κ1) is 28.1. The number of carboxylic acids is 1. The molecule has 17 nitrogen and oxygen atoms in total. The molecule has 0 aromatic carbocycles. The van der Waals surface area contributed by atoms with E-state index in [0.29, 0.717) is 25.3 Å². The molecular formula is C18H25N9O8S2. The van der Waals surface area contributed by atoms with Crippen molar-refractivity contribution in [3.05, 3.63) is 23.0 Å². The van der Waals surface area contributed by atoms with E-state index in [2.05, 4.69) is 30.6 Å². The number of amides is 1. The Kier molecular flexibility index (Phi) is 9.21. The fraction of sp³-hybridized carbons (Fsp3) is 0.500. The highest BCUT2D eigenvalue weighted by Crippen LogP contribution is 2.33. The zero-order valence-corrected chi connectivity index (χ0v) is 20.9. The number of rotatable bonds is 15. The summed E-state index contributed by atoms with van der Waals surface area (Å²) < 4.78 is 34.7. The number of nitrogens with two attached hydrogens (primary N) is 2. The van der Waals surface area contributed by atoms with E-state index in [-0.39, 0.29) is 21.7 Å². The van der Waals surface area contributed by atoms with E-state index in [1.54, 1.807) is 0 Å². The van der Waals surface area contributed by atoms with E-state index >= 15 is 0 Å². The monoisotopic (exact) mass is 559 g/mol. The van der Waals surface area contributed by atoms with Crippen LogP contribution < -0.4 is 16.8 Å². The standard InChI is InChI=1S/C18H25N9O8S2/c19-2-1-3-21-5-10-6-26(25-23-10)7-13-11(17(31)27(13)37(32,33)34)4-14(28)16(24-35-8-15(29)30)12-9-36-18(20)22-12/h6,9,11,13,21H,1-5,7-8,19H2,(H2,20,22)(H,29,30)(H,32,33,34)/b24-16-/t11-,13+/m0/s1. The van der Waals surface area contributed by atoms with Crippen LogP contribution in [0.2, 0.25) is 0 Å². The number of aromatic nitrogens is 4. The Hall–Kier alpha value is -3.52. The molecule has 2 aromatic heterocycles. The number of carbonyl (C=O) groups is 3. The molecule has 0 saturated carbocycles. The summed E-state index contributed by atoms with van der Waals surface area (Å²) in [7, 11) is -4.92. The third kappa shape index (κ3) is 7.26. The van der Waals surface area contributed by atoms with Crippen molar-refractivity contribution in [1.82, 2.24) is 29.6 Å². The third-order valence-electron chi connectivity index (χ3n) is 5.15. The molecule has 3 rings (SSSR count). The first-order chi connectivity index (χ1) is 17.5. The van der Waals surface area contributed by atoms with Crippen LogP contribution in [0.5, 0.6) is 0 Å². The Labute approximate surface area is 214 Å². The van der Waals surface area contributed by atoms with Crippen LogP contribution >= 0.6 is 11.3 Å². The number of oxime groups is 1. The normalized spacial score (nSPS) is 18.1. The number of aliphatic carboxylic acids is 1. The van der Waals surface area contributed by atoms with Gasteiger partial charge in [-0.1, -0.05) is 10.4 Å². The Balaban J connectivity index is 1.77. The van der Waals surface area contributed by atoms with Gasteiger partial charge >= 0.3 is 16.3 Å². The van der Waals surface area contributed by atoms with Crippen molar-refractivity contribution in [3.8, 4) is 0 Å². The number of Topliss-reactive ketones (excluding diaryl/α,β-unsaturated/α-hetero) is 1. The van der Waals surface area contributed by atoms with Crippen molar-refractivity contribution in [2.75, 3.05) is 25.4 Å². The molecule has 0 unspecified atom stereocenters. The van der Waals surface area contributed by atoms with Crippen LogP contribution in [-0.2, 0) is 42.6 Å². The number of carboxylic acid groups (broad SMARTS) is 1. The summed E-state index contributed by atoms with van der Waals surface area (Å²) in [5.74, 6) is -4.30. The van der Waals surface area contributed by atoms with Crippen molar-refractivity contribution in [1.29, 1.82) is 0 Å². The topological polar surface area (TPSA) is 258 Å². The maximum atomic E-state index is 13.0. The number of anilines is 1. The molecule has 0 radical (unpaired) electrons. The number of hydrogen-bond acceptors (Lipinski definition) is 14. The Morgan fingerprint density at radius 1 is 1.35 bits per heavy atom. The van der Waals surface area contributed by atoms with Gasteiger partial charge in [-0.25, -0.2) is 14.1 Å². The third-order valence-corrected chi connectivity index (χ3v) is 6.77. The summed E-state index contributed by atoms with van der Waals surface area (Å²) >= 11 is 0.990. The lowest BCUT2D eigenvalue weighted by Gasteiger charge is -2.43. The average molecular weight is 560 g/mol. The van der Waals surface area contributed by atoms with E-state index in [1.807, 2.05) is 0 Å². The summed E-state index contributed by atoms with van der Waals surface area (Å²) in [5, 5.41) is 24.8. The van der Waals surface area contributed by atoms with Crippen molar-refractivity contribution in [2.45, 2.75) is 32.0 Å². The number of ketones is 1. The lowest BCUT2D eigenvalue weighted by molar-refractivity contribution is -0.149. The minimum Gasteiger partial charge on any atom is -0.479 e. The molecule has 2 aromatic rings. The zero-order chi connectivity index (χ0) is 27.2. The second-order valence-electron chi connectivity index (χ2n) is 7.84. The molecule has 0 bridgehead atoms. The van der Waals surface area contributed by atoms with Crippen molar-refractivity contribution >= 4 is 50.1 Å².